The molecule has 5 aromatic carbocycles. The lowest BCUT2D eigenvalue weighted by molar-refractivity contribution is -0.0116. The zero-order chi connectivity index (χ0) is 33.9. The van der Waals surface area contributed by atoms with Gasteiger partial charge in [-0.3, -0.25) is 4.72 Å². The van der Waals surface area contributed by atoms with Crippen molar-refractivity contribution in [3.05, 3.63) is 103 Å². The van der Waals surface area contributed by atoms with Gasteiger partial charge in [0.2, 0.25) is 0 Å². The van der Waals surface area contributed by atoms with Crippen molar-refractivity contribution in [2.24, 2.45) is 0 Å². The molecule has 5 aromatic rings. The van der Waals surface area contributed by atoms with Crippen molar-refractivity contribution in [2.75, 3.05) is 88.8 Å². The van der Waals surface area contributed by atoms with E-state index in [1.165, 1.54) is 0 Å². The van der Waals surface area contributed by atoms with Crippen molar-refractivity contribution in [1.29, 1.82) is 0 Å². The molecule has 1 N–H and O–H groups in total. The summed E-state index contributed by atoms with van der Waals surface area (Å²) in [4.78, 5) is 2.54. The standard InChI is InChI=1S/C39H44N2O7S/c1-30-8-14-35(15-9-30)49(42,43)40-38-6-2-4-31-10-12-33(28-36(31)38)34-13-11-32-5-3-7-39(37(32)29-34)41-16-18-44-20-22-46-24-26-48-27-25-47-23-21-45-19-17-41/h2-15,28-29,40H,16-27H2,1H3. The molecule has 0 amide bonds. The van der Waals surface area contributed by atoms with Gasteiger partial charge >= 0.3 is 0 Å². The number of ether oxygens (including phenoxy) is 5. The second-order valence-electron chi connectivity index (χ2n) is 11.9. The molecule has 1 fully saturated rings. The van der Waals surface area contributed by atoms with E-state index in [-0.39, 0.29) is 4.90 Å². The number of anilines is 2. The Labute approximate surface area is 288 Å². The molecule has 9 nitrogen and oxygen atoms in total. The summed E-state index contributed by atoms with van der Waals surface area (Å²) in [5.74, 6) is 0. The van der Waals surface area contributed by atoms with Gasteiger partial charge in [0.25, 0.3) is 10.0 Å². The molecule has 0 aromatic heterocycles. The van der Waals surface area contributed by atoms with Crippen LogP contribution in [0.3, 0.4) is 0 Å². The number of hydrogen-bond acceptors (Lipinski definition) is 8. The lowest BCUT2D eigenvalue weighted by Crippen LogP contribution is -2.32. The highest BCUT2D eigenvalue weighted by atomic mass is 32.2. The van der Waals surface area contributed by atoms with Gasteiger partial charge in [-0.25, -0.2) is 8.42 Å². The first-order chi connectivity index (χ1) is 24.0. The van der Waals surface area contributed by atoms with Crippen LogP contribution >= 0.6 is 0 Å². The van der Waals surface area contributed by atoms with Gasteiger partial charge in [0, 0.05) is 29.5 Å². The Kier molecular flexibility index (Phi) is 12.1. The monoisotopic (exact) mass is 684 g/mol. The van der Waals surface area contributed by atoms with Crippen LogP contribution < -0.4 is 9.62 Å². The number of aryl methyl sites for hydroxylation is 1. The summed E-state index contributed by atoms with van der Waals surface area (Å²) in [5, 5.41) is 4.01. The number of rotatable bonds is 5. The smallest absolute Gasteiger partial charge is 0.261 e. The zero-order valence-electron chi connectivity index (χ0n) is 27.9. The van der Waals surface area contributed by atoms with Crippen molar-refractivity contribution >= 4 is 42.9 Å². The fraction of sp³-hybridized carbons (Fsp3) is 0.333. The van der Waals surface area contributed by atoms with Crippen molar-refractivity contribution in [1.82, 2.24) is 0 Å². The highest BCUT2D eigenvalue weighted by Crippen LogP contribution is 2.34. The molecule has 1 aliphatic rings. The molecule has 1 heterocycles. The summed E-state index contributed by atoms with van der Waals surface area (Å²) < 4.78 is 58.1. The van der Waals surface area contributed by atoms with Crippen molar-refractivity contribution < 1.29 is 32.1 Å². The van der Waals surface area contributed by atoms with Gasteiger partial charge in [0.15, 0.2) is 0 Å². The minimum absolute atomic E-state index is 0.227. The summed E-state index contributed by atoms with van der Waals surface area (Å²) in [5.41, 5.74) is 4.65. The van der Waals surface area contributed by atoms with Crippen molar-refractivity contribution in [3.8, 4) is 11.1 Å². The molecule has 49 heavy (non-hydrogen) atoms. The first-order valence-corrected chi connectivity index (χ1v) is 18.3. The number of nitrogens with zero attached hydrogens (tertiary/aromatic N) is 1. The molecule has 1 saturated heterocycles. The minimum atomic E-state index is -3.77. The average molecular weight is 685 g/mol. The normalized spacial score (nSPS) is 16.6. The van der Waals surface area contributed by atoms with Crippen LogP contribution in [0.1, 0.15) is 5.56 Å². The third kappa shape index (κ3) is 9.36. The summed E-state index contributed by atoms with van der Waals surface area (Å²) in [6.07, 6.45) is 0. The van der Waals surface area contributed by atoms with Crippen LogP contribution in [-0.2, 0) is 33.7 Å². The maximum absolute atomic E-state index is 13.3. The first-order valence-electron chi connectivity index (χ1n) is 16.8. The summed E-state index contributed by atoms with van der Waals surface area (Å²) >= 11 is 0. The molecular weight excluding hydrogens is 641 g/mol. The van der Waals surface area contributed by atoms with Crippen molar-refractivity contribution in [3.63, 3.8) is 0 Å². The fourth-order valence-electron chi connectivity index (χ4n) is 5.86. The summed E-state index contributed by atoms with van der Waals surface area (Å²) in [6, 6.07) is 31.5. The third-order valence-corrected chi connectivity index (χ3v) is 9.87. The largest absolute Gasteiger partial charge is 0.377 e. The number of fused-ring (bicyclic) bond motifs is 2. The van der Waals surface area contributed by atoms with E-state index < -0.39 is 10.0 Å². The SMILES string of the molecule is Cc1ccc(S(=O)(=O)Nc2cccc3ccc(-c4ccc5cccc(N6CCOCCOCCOCCOCCOCC6)c5c4)cc23)cc1. The van der Waals surface area contributed by atoms with Crippen LogP contribution in [0.2, 0.25) is 0 Å². The van der Waals surface area contributed by atoms with E-state index in [4.69, 9.17) is 23.7 Å². The fourth-order valence-corrected chi connectivity index (χ4v) is 6.94. The Balaban J connectivity index is 1.26. The van der Waals surface area contributed by atoms with E-state index in [0.29, 0.717) is 84.8 Å². The molecule has 1 aliphatic heterocycles. The molecule has 6 rings (SSSR count). The van der Waals surface area contributed by atoms with E-state index in [9.17, 15) is 8.42 Å². The molecule has 0 bridgehead atoms. The molecular formula is C39H44N2O7S. The van der Waals surface area contributed by atoms with Crippen LogP contribution in [0.5, 0.6) is 0 Å². The molecule has 0 aliphatic carbocycles. The summed E-state index contributed by atoms with van der Waals surface area (Å²) in [6.45, 7) is 8.57. The predicted octanol–water partition coefficient (Wildman–Crippen LogP) is 6.67. The van der Waals surface area contributed by atoms with Crippen molar-refractivity contribution in [2.45, 2.75) is 11.8 Å². The van der Waals surface area contributed by atoms with Crippen LogP contribution in [0, 0.1) is 6.92 Å². The quantitative estimate of drug-likeness (QED) is 0.219. The lowest BCUT2D eigenvalue weighted by Gasteiger charge is -2.26. The van der Waals surface area contributed by atoms with E-state index in [0.717, 1.165) is 43.9 Å². The van der Waals surface area contributed by atoms with Crippen LogP contribution in [-0.4, -0.2) is 87.6 Å². The number of hydrogen-bond donors (Lipinski definition) is 1. The molecule has 0 atom stereocenters. The van der Waals surface area contributed by atoms with Crippen LogP contribution in [0.4, 0.5) is 11.4 Å². The van der Waals surface area contributed by atoms with Crippen LogP contribution in [0.15, 0.2) is 102 Å². The minimum Gasteiger partial charge on any atom is -0.377 e. The Morgan fingerprint density at radius 1 is 0.551 bits per heavy atom. The van der Waals surface area contributed by atoms with Gasteiger partial charge < -0.3 is 28.6 Å². The van der Waals surface area contributed by atoms with Crippen LogP contribution in [0.25, 0.3) is 32.7 Å². The van der Waals surface area contributed by atoms with E-state index in [1.807, 2.05) is 25.1 Å². The van der Waals surface area contributed by atoms with Gasteiger partial charge in [-0.2, -0.15) is 0 Å². The molecule has 0 radical (unpaired) electrons. The Hall–Kier alpha value is -4.03. The summed E-state index contributed by atoms with van der Waals surface area (Å²) in [7, 11) is -3.77. The number of nitrogens with one attached hydrogen (secondary N) is 1. The maximum Gasteiger partial charge on any atom is 0.261 e. The number of sulfonamides is 1. The third-order valence-electron chi connectivity index (χ3n) is 8.49. The highest BCUT2D eigenvalue weighted by Gasteiger charge is 2.17. The molecule has 258 valence electrons. The molecule has 10 heteroatoms. The molecule has 0 saturated carbocycles. The maximum atomic E-state index is 13.3. The van der Waals surface area contributed by atoms with E-state index in [1.54, 1.807) is 30.3 Å². The highest BCUT2D eigenvalue weighted by molar-refractivity contribution is 7.92. The zero-order valence-corrected chi connectivity index (χ0v) is 28.8. The number of benzene rings is 5. The van der Waals surface area contributed by atoms with Gasteiger partial charge in [0.05, 0.1) is 76.7 Å². The van der Waals surface area contributed by atoms with Gasteiger partial charge in [-0.15, -0.1) is 0 Å². The Morgan fingerprint density at radius 3 is 1.61 bits per heavy atom. The van der Waals surface area contributed by atoms with Gasteiger partial charge in [0.1, 0.15) is 0 Å². The topological polar surface area (TPSA) is 95.6 Å². The average Bonchev–Trinajstić information content (AvgIpc) is 3.11. The molecule has 0 spiro atoms. The Morgan fingerprint density at radius 2 is 1.04 bits per heavy atom. The Bertz CT molecular complexity index is 1910. The second kappa shape index (κ2) is 17.1. The van der Waals surface area contributed by atoms with Gasteiger partial charge in [-0.05, 0) is 65.2 Å². The lowest BCUT2D eigenvalue weighted by atomic mass is 9.97. The molecule has 0 unspecified atom stereocenters. The second-order valence-corrected chi connectivity index (χ2v) is 13.6. The van der Waals surface area contributed by atoms with Gasteiger partial charge in [-0.1, -0.05) is 66.2 Å². The predicted molar refractivity (Wildman–Crippen MR) is 195 cm³/mol. The van der Waals surface area contributed by atoms with E-state index in [2.05, 4.69) is 58.2 Å². The first kappa shape index (κ1) is 34.8. The van der Waals surface area contributed by atoms with E-state index >= 15 is 0 Å².